The van der Waals surface area contributed by atoms with Crippen molar-refractivity contribution in [2.75, 3.05) is 11.5 Å². The fraction of sp³-hybridized carbons (Fsp3) is 0. The van der Waals surface area contributed by atoms with Gasteiger partial charge in [-0.25, -0.2) is 16.8 Å². The summed E-state index contributed by atoms with van der Waals surface area (Å²) < 4.78 is 63.1. The fourth-order valence-electron chi connectivity index (χ4n) is 1.45. The maximum Gasteiger partial charge on any atom is 2.00 e. The molecular weight excluding hydrogens is 443 g/mol. The zero-order valence-electron chi connectivity index (χ0n) is 12.3. The minimum absolute atomic E-state index is 0. The summed E-state index contributed by atoms with van der Waals surface area (Å²) in [5.41, 5.74) is 10.3. The Balaban J connectivity index is 0.000000443. The average molecular weight is 453 g/mol. The second-order valence-electron chi connectivity index (χ2n) is 4.27. The van der Waals surface area contributed by atoms with Crippen LogP contribution < -0.4 is 11.5 Å². The van der Waals surface area contributed by atoms with E-state index in [1.54, 1.807) is 0 Å². The molecule has 0 radical (unpaired) electrons. The van der Waals surface area contributed by atoms with Crippen LogP contribution in [0.1, 0.15) is 0 Å². The molecule has 25 heavy (non-hydrogen) atoms. The standard InChI is InChI=1S/2C6H6ClNO3S.Ca/c2*7-4-1-2-5(8)6(3-4)12(9,10)11;/h2*1-3H,8H2,(H,9,10,11);/q;;+2/p-2. The number of hydrogen-bond acceptors (Lipinski definition) is 8. The Kier molecular flexibility index (Phi) is 9.47. The van der Waals surface area contributed by atoms with E-state index in [0.717, 1.165) is 12.1 Å². The van der Waals surface area contributed by atoms with Crippen molar-refractivity contribution in [3.63, 3.8) is 0 Å². The largest absolute Gasteiger partial charge is 2.00 e. The van der Waals surface area contributed by atoms with E-state index in [0.29, 0.717) is 0 Å². The molecule has 0 saturated heterocycles. The second kappa shape index (κ2) is 9.58. The second-order valence-corrected chi connectivity index (χ2v) is 7.84. The van der Waals surface area contributed by atoms with Crippen LogP contribution in [0.3, 0.4) is 0 Å². The van der Waals surface area contributed by atoms with E-state index in [2.05, 4.69) is 0 Å². The molecule has 0 unspecified atom stereocenters. The van der Waals surface area contributed by atoms with Crippen molar-refractivity contribution < 1.29 is 25.9 Å². The van der Waals surface area contributed by atoms with Crippen molar-refractivity contribution in [2.45, 2.75) is 9.79 Å². The molecule has 0 aromatic heterocycles. The van der Waals surface area contributed by atoms with Crippen LogP contribution in [0.15, 0.2) is 46.2 Å². The number of hydrogen-bond donors (Lipinski definition) is 2. The van der Waals surface area contributed by atoms with Crippen molar-refractivity contribution in [3.8, 4) is 0 Å². The summed E-state index contributed by atoms with van der Waals surface area (Å²) in [6, 6.07) is 7.41. The quantitative estimate of drug-likeness (QED) is 0.389. The molecule has 132 valence electrons. The van der Waals surface area contributed by atoms with E-state index in [-0.39, 0.29) is 59.2 Å². The minimum atomic E-state index is -4.52. The molecule has 13 heteroatoms. The molecule has 0 aliphatic rings. The van der Waals surface area contributed by atoms with Crippen molar-refractivity contribution in [1.29, 1.82) is 0 Å². The molecule has 0 aliphatic heterocycles. The molecule has 2 aromatic carbocycles. The van der Waals surface area contributed by atoms with Crippen molar-refractivity contribution >= 4 is 92.6 Å². The van der Waals surface area contributed by atoms with Gasteiger partial charge in [0.1, 0.15) is 20.2 Å². The van der Waals surface area contributed by atoms with Crippen LogP contribution >= 0.6 is 23.2 Å². The summed E-state index contributed by atoms with van der Waals surface area (Å²) in [5.74, 6) is 0. The van der Waals surface area contributed by atoms with Crippen molar-refractivity contribution in [1.82, 2.24) is 0 Å². The van der Waals surface area contributed by atoms with Gasteiger partial charge in [0.25, 0.3) is 0 Å². The van der Waals surface area contributed by atoms with Gasteiger partial charge in [-0.15, -0.1) is 0 Å². The molecular formula is C12H10CaCl2N2O6S2. The third-order valence-electron chi connectivity index (χ3n) is 2.49. The summed E-state index contributed by atoms with van der Waals surface area (Å²) >= 11 is 10.9. The monoisotopic (exact) mass is 452 g/mol. The van der Waals surface area contributed by atoms with Gasteiger partial charge in [-0.05, 0) is 36.4 Å². The Bertz CT molecular complexity index is 888. The molecule has 0 atom stereocenters. The van der Waals surface area contributed by atoms with Gasteiger partial charge in [-0.1, -0.05) is 23.2 Å². The van der Waals surface area contributed by atoms with Crippen LogP contribution in [0.25, 0.3) is 0 Å². The number of halogens is 2. The molecule has 0 saturated carbocycles. The molecule has 0 heterocycles. The molecule has 2 rings (SSSR count). The van der Waals surface area contributed by atoms with Crippen LogP contribution in [0.5, 0.6) is 0 Å². The molecule has 4 N–H and O–H groups in total. The van der Waals surface area contributed by atoms with Gasteiger partial charge in [-0.2, -0.15) is 0 Å². The Hall–Kier alpha value is -0.300. The first-order valence-electron chi connectivity index (χ1n) is 5.84. The predicted octanol–water partition coefficient (Wildman–Crippen LogP) is 1.27. The van der Waals surface area contributed by atoms with E-state index in [1.165, 1.54) is 24.3 Å². The number of nitrogens with two attached hydrogens (primary N) is 2. The van der Waals surface area contributed by atoms with Gasteiger partial charge in [0.15, 0.2) is 0 Å². The molecule has 8 nitrogen and oxygen atoms in total. The molecule has 2 aromatic rings. The van der Waals surface area contributed by atoms with E-state index in [9.17, 15) is 25.9 Å². The number of rotatable bonds is 2. The van der Waals surface area contributed by atoms with Crippen LogP contribution in [-0.2, 0) is 20.2 Å². The topological polar surface area (TPSA) is 166 Å². The van der Waals surface area contributed by atoms with Gasteiger partial charge in [0.05, 0.1) is 9.79 Å². The Morgan fingerprint density at radius 2 is 1.00 bits per heavy atom. The maximum atomic E-state index is 10.5. The zero-order chi connectivity index (χ0) is 18.7. The van der Waals surface area contributed by atoms with Gasteiger partial charge in [0.2, 0.25) is 0 Å². The fourth-order valence-corrected chi connectivity index (χ4v) is 3.18. The molecule has 0 spiro atoms. The number of nitrogen functional groups attached to an aromatic ring is 2. The van der Waals surface area contributed by atoms with E-state index >= 15 is 0 Å². The number of benzene rings is 2. The van der Waals surface area contributed by atoms with Gasteiger partial charge in [-0.3, -0.25) is 0 Å². The Morgan fingerprint density at radius 3 is 1.20 bits per heavy atom. The summed E-state index contributed by atoms with van der Waals surface area (Å²) in [6.45, 7) is 0. The molecule has 0 aliphatic carbocycles. The van der Waals surface area contributed by atoms with Crippen LogP contribution in [-0.4, -0.2) is 63.7 Å². The van der Waals surface area contributed by atoms with Crippen LogP contribution in [0.4, 0.5) is 11.4 Å². The Labute approximate surface area is 184 Å². The SMILES string of the molecule is Nc1ccc(Cl)cc1S(=O)(=O)[O-].Nc1ccc(Cl)cc1S(=O)(=O)[O-].[Ca+2]. The predicted molar refractivity (Wildman–Crippen MR) is 93.4 cm³/mol. The normalized spacial score (nSPS) is 11.0. The molecule has 0 bridgehead atoms. The first-order valence-corrected chi connectivity index (χ1v) is 9.41. The maximum absolute atomic E-state index is 10.5. The third kappa shape index (κ3) is 7.85. The average Bonchev–Trinajstić information content (AvgIpc) is 2.42. The van der Waals surface area contributed by atoms with Crippen molar-refractivity contribution in [3.05, 3.63) is 46.4 Å². The summed E-state index contributed by atoms with van der Waals surface area (Å²) in [7, 11) is -9.03. The molecule has 0 amide bonds. The Morgan fingerprint density at radius 1 is 0.720 bits per heavy atom. The zero-order valence-corrected chi connectivity index (χ0v) is 17.7. The summed E-state index contributed by atoms with van der Waals surface area (Å²) in [5, 5.41) is 0.331. The third-order valence-corrected chi connectivity index (χ3v) is 4.74. The van der Waals surface area contributed by atoms with Crippen LogP contribution in [0, 0.1) is 0 Å². The van der Waals surface area contributed by atoms with Gasteiger partial charge >= 0.3 is 37.7 Å². The van der Waals surface area contributed by atoms with Crippen LogP contribution in [0.2, 0.25) is 10.0 Å². The first kappa shape index (κ1) is 24.7. The summed E-state index contributed by atoms with van der Waals surface area (Å²) in [4.78, 5) is -0.954. The first-order chi connectivity index (χ1) is 10.8. The summed E-state index contributed by atoms with van der Waals surface area (Å²) in [6.07, 6.45) is 0. The minimum Gasteiger partial charge on any atom is -0.744 e. The smallest absolute Gasteiger partial charge is 0.744 e. The molecule has 0 fully saturated rings. The van der Waals surface area contributed by atoms with E-state index in [4.69, 9.17) is 34.7 Å². The van der Waals surface area contributed by atoms with Gasteiger partial charge < -0.3 is 20.6 Å². The van der Waals surface area contributed by atoms with Gasteiger partial charge in [0, 0.05) is 21.4 Å². The van der Waals surface area contributed by atoms with E-state index in [1.807, 2.05) is 0 Å². The van der Waals surface area contributed by atoms with E-state index < -0.39 is 30.0 Å². The number of anilines is 2. The van der Waals surface area contributed by atoms with Crippen molar-refractivity contribution in [2.24, 2.45) is 0 Å².